The molecule has 4 bridgehead atoms. The maximum absolute atomic E-state index is 10.4. The molecule has 0 aliphatic carbocycles. The van der Waals surface area contributed by atoms with Crippen LogP contribution in [0.15, 0.2) is 0 Å². The molecular weight excluding hydrogens is 326 g/mol. The van der Waals surface area contributed by atoms with Crippen LogP contribution in [0, 0.1) is 0 Å². The van der Waals surface area contributed by atoms with E-state index in [9.17, 15) is 25.5 Å². The Kier molecular flexibility index (Phi) is 2.44. The molecule has 5 aliphatic rings. The molecule has 5 rings (SSSR count). The van der Waals surface area contributed by atoms with E-state index in [1.165, 1.54) is 0 Å². The Bertz CT molecular complexity index is 485. The smallest absolute Gasteiger partial charge is 0.357 e. The summed E-state index contributed by atoms with van der Waals surface area (Å²) >= 11 is 0. The van der Waals surface area contributed by atoms with Gasteiger partial charge in [-0.1, -0.05) is 0 Å². The lowest BCUT2D eigenvalue weighted by atomic mass is 9.88. The monoisotopic (exact) mass is 334 g/mol. The van der Waals surface area contributed by atoms with E-state index in [2.05, 4.69) is 13.6 Å². The van der Waals surface area contributed by atoms with Gasteiger partial charge in [0.2, 0.25) is 0 Å². The van der Waals surface area contributed by atoms with Crippen molar-refractivity contribution >= 4 is 17.2 Å². The minimum Gasteiger partial charge on any atom is -0.391 e. The molecule has 20 heavy (non-hydrogen) atoms. The molecule has 0 aromatic heterocycles. The first-order chi connectivity index (χ1) is 9.13. The highest BCUT2D eigenvalue weighted by Gasteiger charge is 2.94. The molecule has 5 saturated heterocycles. The fourth-order valence-electron chi connectivity index (χ4n) is 2.16. The molecule has 5 fully saturated rings. The standard InChI is InChI=1S/C6H8O12P2/c7-1-2(8)3(9)4(10,15-19(13-2)14-3)5(11)6(12)17-20(16-5)18-6/h7-12H,1H2/t2-,3+,4-,5+,6?,19?,20?/m0/s1. The molecule has 0 radical (unpaired) electrons. The predicted octanol–water partition coefficient (Wildman–Crippen LogP) is -3.01. The van der Waals surface area contributed by atoms with Crippen LogP contribution in [0.4, 0.5) is 0 Å². The Hall–Kier alpha value is 0.380. The number of aliphatic hydroxyl groups is 6. The van der Waals surface area contributed by atoms with Crippen LogP contribution >= 0.6 is 17.2 Å². The largest absolute Gasteiger partial charge is 0.391 e. The number of hydrogen-bond acceptors (Lipinski definition) is 12. The first-order valence-corrected chi connectivity index (χ1v) is 7.30. The third kappa shape index (κ3) is 1.15. The summed E-state index contributed by atoms with van der Waals surface area (Å²) in [5.41, 5.74) is 0. The Morgan fingerprint density at radius 3 is 1.60 bits per heavy atom. The van der Waals surface area contributed by atoms with Crippen LogP contribution in [-0.4, -0.2) is 66.4 Å². The van der Waals surface area contributed by atoms with Gasteiger partial charge in [-0.2, -0.15) is 0 Å². The fourth-order valence-corrected chi connectivity index (χ4v) is 4.84. The van der Waals surface area contributed by atoms with Crippen molar-refractivity contribution in [3.63, 3.8) is 0 Å². The van der Waals surface area contributed by atoms with Gasteiger partial charge in [-0.05, 0) is 0 Å². The average Bonchev–Trinajstić information content (AvgIpc) is 2.91. The van der Waals surface area contributed by atoms with E-state index in [-0.39, 0.29) is 0 Å². The highest BCUT2D eigenvalue weighted by atomic mass is 31.2. The second kappa shape index (κ2) is 3.48. The summed E-state index contributed by atoms with van der Waals surface area (Å²) in [4.78, 5) is 0. The Morgan fingerprint density at radius 1 is 0.650 bits per heavy atom. The van der Waals surface area contributed by atoms with Gasteiger partial charge in [-0.15, -0.1) is 0 Å². The van der Waals surface area contributed by atoms with E-state index in [0.29, 0.717) is 0 Å². The topological polar surface area (TPSA) is 177 Å². The molecule has 6 N–H and O–H groups in total. The molecule has 0 spiro atoms. The van der Waals surface area contributed by atoms with Crippen LogP contribution in [-0.2, 0) is 27.1 Å². The molecule has 5 aliphatic heterocycles. The highest BCUT2D eigenvalue weighted by molar-refractivity contribution is 7.43. The summed E-state index contributed by atoms with van der Waals surface area (Å²) in [6.07, 6.45) is 0. The zero-order chi connectivity index (χ0) is 14.6. The Balaban J connectivity index is 1.82. The lowest BCUT2D eigenvalue weighted by Gasteiger charge is -2.48. The highest BCUT2D eigenvalue weighted by Crippen LogP contribution is 2.79. The van der Waals surface area contributed by atoms with E-state index in [1.54, 1.807) is 0 Å². The quantitative estimate of drug-likeness (QED) is 0.282. The van der Waals surface area contributed by atoms with Crippen LogP contribution in [0.25, 0.3) is 0 Å². The molecular formula is C6H8O12P2. The second-order valence-corrected chi connectivity index (χ2v) is 6.44. The van der Waals surface area contributed by atoms with Crippen molar-refractivity contribution in [3.8, 4) is 0 Å². The van der Waals surface area contributed by atoms with Crippen LogP contribution < -0.4 is 0 Å². The van der Waals surface area contributed by atoms with Crippen molar-refractivity contribution < 1.29 is 57.8 Å². The minimum atomic E-state index is -3.25. The first-order valence-electron chi connectivity index (χ1n) is 5.11. The van der Waals surface area contributed by atoms with E-state index in [0.717, 1.165) is 0 Å². The van der Waals surface area contributed by atoms with E-state index in [1.807, 2.05) is 0 Å². The fraction of sp³-hybridized carbons (Fsp3) is 1.00. The number of rotatable bonds is 2. The molecule has 0 aromatic rings. The Morgan fingerprint density at radius 2 is 1.15 bits per heavy atom. The van der Waals surface area contributed by atoms with Crippen molar-refractivity contribution in [3.05, 3.63) is 0 Å². The van der Waals surface area contributed by atoms with Crippen molar-refractivity contribution in [1.29, 1.82) is 0 Å². The van der Waals surface area contributed by atoms with Gasteiger partial charge < -0.3 is 30.6 Å². The number of fused-ring (bicyclic) bond motifs is 3. The first kappa shape index (κ1) is 14.0. The van der Waals surface area contributed by atoms with Gasteiger partial charge in [0.1, 0.15) is 6.61 Å². The van der Waals surface area contributed by atoms with Gasteiger partial charge in [0.15, 0.2) is 0 Å². The minimum absolute atomic E-state index is 1.21. The summed E-state index contributed by atoms with van der Waals surface area (Å²) in [6.45, 7) is -1.21. The lowest BCUT2D eigenvalue weighted by Crippen LogP contribution is -2.79. The zero-order valence-corrected chi connectivity index (χ0v) is 11.0. The van der Waals surface area contributed by atoms with Crippen molar-refractivity contribution in [2.24, 2.45) is 0 Å². The predicted molar refractivity (Wildman–Crippen MR) is 52.2 cm³/mol. The van der Waals surface area contributed by atoms with Gasteiger partial charge in [-0.25, -0.2) is 9.05 Å². The second-order valence-electron chi connectivity index (χ2n) is 4.45. The van der Waals surface area contributed by atoms with Gasteiger partial charge in [0.05, 0.1) is 0 Å². The van der Waals surface area contributed by atoms with E-state index < -0.39 is 52.9 Å². The van der Waals surface area contributed by atoms with Crippen molar-refractivity contribution in [2.45, 2.75) is 29.1 Å². The summed E-state index contributed by atoms with van der Waals surface area (Å²) in [5.74, 6) is -15.2. The number of aliphatic hydroxyl groups excluding tert-OH is 1. The molecule has 0 saturated carbocycles. The van der Waals surface area contributed by atoms with Crippen molar-refractivity contribution in [1.82, 2.24) is 0 Å². The van der Waals surface area contributed by atoms with Gasteiger partial charge in [0.25, 0.3) is 17.4 Å². The third-order valence-corrected chi connectivity index (χ3v) is 5.82. The third-order valence-electron chi connectivity index (χ3n) is 3.33. The summed E-state index contributed by atoms with van der Waals surface area (Å²) in [7, 11) is -4.69. The molecule has 1 unspecified atom stereocenters. The van der Waals surface area contributed by atoms with Crippen LogP contribution in [0.2, 0.25) is 0 Å². The SMILES string of the molecule is OC[C@]1(O)OP2O[C@](O)([C@@]3(O)OP4OC3(O)O4)[C@]1(O)O2. The molecule has 14 heteroatoms. The van der Waals surface area contributed by atoms with Gasteiger partial charge in [0, 0.05) is 0 Å². The normalized spacial score (nSPS) is 67.5. The van der Waals surface area contributed by atoms with Gasteiger partial charge >= 0.3 is 29.0 Å². The van der Waals surface area contributed by atoms with Crippen LogP contribution in [0.5, 0.6) is 0 Å². The van der Waals surface area contributed by atoms with E-state index in [4.69, 9.17) is 18.7 Å². The Labute approximate surface area is 112 Å². The van der Waals surface area contributed by atoms with E-state index >= 15 is 0 Å². The summed E-state index contributed by atoms with van der Waals surface area (Å²) < 4.78 is 28.2. The maximum Gasteiger partial charge on any atom is 0.357 e. The molecule has 0 amide bonds. The average molecular weight is 334 g/mol. The molecule has 5 heterocycles. The molecule has 5 atom stereocenters. The number of hydrogen-bond donors (Lipinski definition) is 6. The molecule has 12 nitrogen and oxygen atoms in total. The van der Waals surface area contributed by atoms with Crippen LogP contribution in [0.1, 0.15) is 0 Å². The molecule has 0 aromatic carbocycles. The molecule has 114 valence electrons. The van der Waals surface area contributed by atoms with Crippen LogP contribution in [0.3, 0.4) is 0 Å². The van der Waals surface area contributed by atoms with Gasteiger partial charge in [-0.3, -0.25) is 18.1 Å². The lowest BCUT2D eigenvalue weighted by molar-refractivity contribution is -0.509. The van der Waals surface area contributed by atoms with Crippen molar-refractivity contribution in [2.75, 3.05) is 6.61 Å². The maximum atomic E-state index is 10.4. The summed E-state index contributed by atoms with van der Waals surface area (Å²) in [6, 6.07) is 0. The zero-order valence-electron chi connectivity index (χ0n) is 9.23. The summed E-state index contributed by atoms with van der Waals surface area (Å²) in [5, 5.41) is 59.8.